The lowest BCUT2D eigenvalue weighted by atomic mass is 10.0. The number of fused-ring (bicyclic) bond motifs is 1. The van der Waals surface area contributed by atoms with E-state index >= 15 is 0 Å². The highest BCUT2D eigenvalue weighted by Gasteiger charge is 2.23. The Morgan fingerprint density at radius 3 is 2.52 bits per heavy atom. The van der Waals surface area contributed by atoms with Gasteiger partial charge in [-0.2, -0.15) is 0 Å². The minimum absolute atomic E-state index is 0.0469. The van der Waals surface area contributed by atoms with Crippen LogP contribution in [0.1, 0.15) is 29.3 Å². The van der Waals surface area contributed by atoms with Crippen molar-refractivity contribution in [3.05, 3.63) is 78.1 Å². The number of rotatable bonds is 4. The summed E-state index contributed by atoms with van der Waals surface area (Å²) in [5.74, 6) is -0.158. The summed E-state index contributed by atoms with van der Waals surface area (Å²) in [6.07, 6.45) is 5.23. The molecule has 3 aromatic rings. The zero-order valence-electron chi connectivity index (χ0n) is 16.2. The molecule has 2 heterocycles. The van der Waals surface area contributed by atoms with Crippen LogP contribution in [0.4, 0.5) is 22.7 Å². The molecule has 0 fully saturated rings. The summed E-state index contributed by atoms with van der Waals surface area (Å²) in [7, 11) is 0. The second kappa shape index (κ2) is 8.14. The number of nitrogens with zero attached hydrogens (tertiary/aromatic N) is 2. The molecule has 1 aliphatic rings. The maximum atomic E-state index is 13.1. The first-order valence-electron chi connectivity index (χ1n) is 9.60. The van der Waals surface area contributed by atoms with Crippen molar-refractivity contribution in [2.24, 2.45) is 0 Å². The van der Waals surface area contributed by atoms with E-state index < -0.39 is 0 Å². The fourth-order valence-electron chi connectivity index (χ4n) is 3.53. The van der Waals surface area contributed by atoms with Crippen molar-refractivity contribution in [3.8, 4) is 0 Å². The van der Waals surface area contributed by atoms with Gasteiger partial charge in [0.2, 0.25) is 5.91 Å². The number of benzene rings is 2. The molecule has 0 saturated heterocycles. The van der Waals surface area contributed by atoms with Crippen LogP contribution in [-0.4, -0.2) is 23.3 Å². The standard InChI is InChI=1S/C23H22N4O2/c1-16(28)25-19-8-10-20(11-9-19)26-21-13-18(14-24-15-21)23(29)27-12-4-6-17-5-2-3-7-22(17)27/h2-3,5,7-11,13-15,26H,4,6,12H2,1H3,(H,25,28). The maximum absolute atomic E-state index is 13.1. The van der Waals surface area contributed by atoms with Gasteiger partial charge in [-0.15, -0.1) is 0 Å². The van der Waals surface area contributed by atoms with E-state index in [4.69, 9.17) is 0 Å². The third-order valence-electron chi connectivity index (χ3n) is 4.83. The average Bonchev–Trinajstić information content (AvgIpc) is 2.74. The van der Waals surface area contributed by atoms with Gasteiger partial charge in [-0.3, -0.25) is 14.6 Å². The van der Waals surface area contributed by atoms with Gasteiger partial charge in [0, 0.05) is 36.7 Å². The van der Waals surface area contributed by atoms with E-state index in [9.17, 15) is 9.59 Å². The highest BCUT2D eigenvalue weighted by atomic mass is 16.2. The van der Waals surface area contributed by atoms with Crippen LogP contribution in [0.15, 0.2) is 67.0 Å². The van der Waals surface area contributed by atoms with E-state index in [1.54, 1.807) is 12.4 Å². The quantitative estimate of drug-likeness (QED) is 0.698. The van der Waals surface area contributed by atoms with Crippen molar-refractivity contribution >= 4 is 34.6 Å². The topological polar surface area (TPSA) is 74.3 Å². The van der Waals surface area contributed by atoms with Crippen LogP contribution in [0.3, 0.4) is 0 Å². The smallest absolute Gasteiger partial charge is 0.259 e. The molecule has 0 atom stereocenters. The molecule has 0 bridgehead atoms. The van der Waals surface area contributed by atoms with Crippen LogP contribution >= 0.6 is 0 Å². The van der Waals surface area contributed by atoms with Gasteiger partial charge in [0.25, 0.3) is 5.91 Å². The van der Waals surface area contributed by atoms with Crippen LogP contribution in [0, 0.1) is 0 Å². The lowest BCUT2D eigenvalue weighted by Crippen LogP contribution is -2.35. The number of pyridine rings is 1. The van der Waals surface area contributed by atoms with Gasteiger partial charge in [-0.1, -0.05) is 18.2 Å². The molecule has 0 aliphatic carbocycles. The molecule has 0 spiro atoms. The van der Waals surface area contributed by atoms with Gasteiger partial charge >= 0.3 is 0 Å². The third kappa shape index (κ3) is 4.27. The molecule has 0 radical (unpaired) electrons. The summed E-state index contributed by atoms with van der Waals surface area (Å²) in [6.45, 7) is 2.18. The predicted octanol–water partition coefficient (Wildman–Crippen LogP) is 4.38. The molecule has 0 saturated carbocycles. The Bertz CT molecular complexity index is 1050. The second-order valence-electron chi connectivity index (χ2n) is 7.03. The fraction of sp³-hybridized carbons (Fsp3) is 0.174. The maximum Gasteiger partial charge on any atom is 0.259 e. The van der Waals surface area contributed by atoms with E-state index in [-0.39, 0.29) is 11.8 Å². The molecule has 4 rings (SSSR count). The van der Waals surface area contributed by atoms with E-state index in [1.807, 2.05) is 53.4 Å². The molecule has 2 amide bonds. The summed E-state index contributed by atoms with van der Waals surface area (Å²) in [5.41, 5.74) is 5.03. The van der Waals surface area contributed by atoms with Gasteiger partial charge in [-0.05, 0) is 54.8 Å². The number of nitrogens with one attached hydrogen (secondary N) is 2. The molecule has 2 aromatic carbocycles. The number of aromatic nitrogens is 1. The van der Waals surface area contributed by atoms with Gasteiger partial charge in [0.15, 0.2) is 0 Å². The molecule has 2 N–H and O–H groups in total. The highest BCUT2D eigenvalue weighted by molar-refractivity contribution is 6.07. The van der Waals surface area contributed by atoms with Crippen molar-refractivity contribution in [2.45, 2.75) is 19.8 Å². The van der Waals surface area contributed by atoms with E-state index in [1.165, 1.54) is 12.5 Å². The number of hydrogen-bond donors (Lipinski definition) is 2. The molecule has 29 heavy (non-hydrogen) atoms. The van der Waals surface area contributed by atoms with Gasteiger partial charge in [0.1, 0.15) is 0 Å². The second-order valence-corrected chi connectivity index (χ2v) is 7.03. The van der Waals surface area contributed by atoms with Crippen molar-refractivity contribution in [2.75, 3.05) is 22.1 Å². The highest BCUT2D eigenvalue weighted by Crippen LogP contribution is 2.28. The zero-order valence-corrected chi connectivity index (χ0v) is 16.2. The number of para-hydroxylation sites is 1. The summed E-state index contributed by atoms with van der Waals surface area (Å²) >= 11 is 0. The van der Waals surface area contributed by atoms with Gasteiger partial charge < -0.3 is 15.5 Å². The van der Waals surface area contributed by atoms with Gasteiger partial charge in [0.05, 0.1) is 17.4 Å². The summed E-state index contributed by atoms with van der Waals surface area (Å²) in [6, 6.07) is 17.2. The molecule has 6 heteroatoms. The van der Waals surface area contributed by atoms with Crippen LogP contribution in [0.25, 0.3) is 0 Å². The number of amides is 2. The van der Waals surface area contributed by atoms with Crippen molar-refractivity contribution in [1.82, 2.24) is 4.98 Å². The van der Waals surface area contributed by atoms with E-state index in [2.05, 4.69) is 21.7 Å². The summed E-state index contributed by atoms with van der Waals surface area (Å²) in [5, 5.41) is 5.99. The number of anilines is 4. The monoisotopic (exact) mass is 386 g/mol. The van der Waals surface area contributed by atoms with Crippen LogP contribution < -0.4 is 15.5 Å². The average molecular weight is 386 g/mol. The third-order valence-corrected chi connectivity index (χ3v) is 4.83. The Labute approximate surface area is 169 Å². The first-order valence-corrected chi connectivity index (χ1v) is 9.60. The number of hydrogen-bond acceptors (Lipinski definition) is 4. The van der Waals surface area contributed by atoms with Crippen LogP contribution in [0.2, 0.25) is 0 Å². The molecular formula is C23H22N4O2. The van der Waals surface area contributed by atoms with E-state index in [0.29, 0.717) is 12.1 Å². The zero-order chi connectivity index (χ0) is 20.2. The van der Waals surface area contributed by atoms with Crippen LogP contribution in [0.5, 0.6) is 0 Å². The number of aryl methyl sites for hydroxylation is 1. The normalized spacial score (nSPS) is 12.8. The lowest BCUT2D eigenvalue weighted by molar-refractivity contribution is -0.114. The first-order chi connectivity index (χ1) is 14.1. The van der Waals surface area contributed by atoms with Gasteiger partial charge in [-0.25, -0.2) is 0 Å². The molecule has 146 valence electrons. The van der Waals surface area contributed by atoms with Crippen molar-refractivity contribution < 1.29 is 9.59 Å². The number of carbonyl (C=O) groups is 2. The SMILES string of the molecule is CC(=O)Nc1ccc(Nc2cncc(C(=O)N3CCCc4ccccc43)c2)cc1. The Kier molecular flexibility index (Phi) is 5.24. The predicted molar refractivity (Wildman–Crippen MR) is 115 cm³/mol. The fourth-order valence-corrected chi connectivity index (χ4v) is 3.53. The summed E-state index contributed by atoms with van der Waals surface area (Å²) in [4.78, 5) is 30.3. The minimum atomic E-state index is -0.111. The molecular weight excluding hydrogens is 364 g/mol. The minimum Gasteiger partial charge on any atom is -0.354 e. The van der Waals surface area contributed by atoms with Crippen molar-refractivity contribution in [3.63, 3.8) is 0 Å². The van der Waals surface area contributed by atoms with E-state index in [0.717, 1.165) is 35.6 Å². The summed E-state index contributed by atoms with van der Waals surface area (Å²) < 4.78 is 0. The Hall–Kier alpha value is -3.67. The molecule has 1 aromatic heterocycles. The number of carbonyl (C=O) groups excluding carboxylic acids is 2. The Balaban J connectivity index is 1.52. The first kappa shape index (κ1) is 18.7. The Morgan fingerprint density at radius 2 is 1.72 bits per heavy atom. The lowest BCUT2D eigenvalue weighted by Gasteiger charge is -2.29. The molecule has 1 aliphatic heterocycles. The largest absolute Gasteiger partial charge is 0.354 e. The van der Waals surface area contributed by atoms with Crippen LogP contribution in [-0.2, 0) is 11.2 Å². The van der Waals surface area contributed by atoms with Crippen molar-refractivity contribution in [1.29, 1.82) is 0 Å². The molecule has 0 unspecified atom stereocenters. The Morgan fingerprint density at radius 1 is 0.966 bits per heavy atom. The molecule has 6 nitrogen and oxygen atoms in total.